The van der Waals surface area contributed by atoms with Crippen LogP contribution in [0.4, 0.5) is 0 Å². The number of esters is 5. The molecule has 2 N–H and O–H groups in total. The number of benzene rings is 7. The van der Waals surface area contributed by atoms with Crippen LogP contribution in [0.2, 0.25) is 20.1 Å². The van der Waals surface area contributed by atoms with Crippen molar-refractivity contribution in [1.82, 2.24) is 29.9 Å². The Morgan fingerprint density at radius 2 is 0.899 bits per heavy atom. The third-order valence-corrected chi connectivity index (χ3v) is 30.7. The van der Waals surface area contributed by atoms with Crippen LogP contribution in [0.1, 0.15) is 153 Å². The molecule has 13 aromatic rings. The van der Waals surface area contributed by atoms with Crippen LogP contribution in [-0.4, -0.2) is 120 Å². The number of nitrogens with zero attached hydrogens (tertiary/aromatic N) is 6. The first-order valence-electron chi connectivity index (χ1n) is 40.0. The highest BCUT2D eigenvalue weighted by atomic mass is 79.9. The number of allylic oxidation sites excluding steroid dienone is 1. The molecule has 0 bridgehead atoms. The van der Waals surface area contributed by atoms with E-state index in [1.807, 2.05) is 101 Å². The zero-order valence-corrected chi connectivity index (χ0v) is 88.1. The molecule has 674 valence electrons. The average molecular weight is 2320 g/mol. The van der Waals surface area contributed by atoms with Crippen molar-refractivity contribution in [2.24, 2.45) is 17.8 Å². The van der Waals surface area contributed by atoms with E-state index in [1.54, 1.807) is 94.5 Å². The van der Waals surface area contributed by atoms with Crippen molar-refractivity contribution in [1.29, 1.82) is 0 Å². The van der Waals surface area contributed by atoms with E-state index in [-0.39, 0.29) is 55.6 Å². The van der Waals surface area contributed by atoms with E-state index in [9.17, 15) is 48.6 Å². The Kier molecular flexibility index (Phi) is 36.7. The maximum atomic E-state index is 12.7. The van der Waals surface area contributed by atoms with E-state index in [1.165, 1.54) is 68.8 Å². The number of hydrogen-bond acceptors (Lipinski definition) is 27. The highest BCUT2D eigenvalue weighted by molar-refractivity contribution is 9.12. The zero-order chi connectivity index (χ0) is 93.7. The van der Waals surface area contributed by atoms with Gasteiger partial charge in [0.15, 0.2) is 35.4 Å². The Morgan fingerprint density at radius 1 is 0.481 bits per heavy atom. The Morgan fingerprint density at radius 3 is 1.42 bits per heavy atom. The molecule has 4 unspecified atom stereocenters. The van der Waals surface area contributed by atoms with Gasteiger partial charge in [0, 0.05) is 72.1 Å². The first-order chi connectivity index (χ1) is 61.4. The zero-order valence-electron chi connectivity index (χ0n) is 70.6. The smallest absolute Gasteiger partial charge is 0.379 e. The normalized spacial score (nSPS) is 16.3. The number of ether oxygens (including phenoxy) is 5. The second kappa shape index (κ2) is 46.2. The quantitative estimate of drug-likeness (QED) is 0.0281. The lowest BCUT2D eigenvalue weighted by atomic mass is 9.72. The molecule has 0 spiro atoms. The lowest BCUT2D eigenvalue weighted by Gasteiger charge is -2.38. The number of thiazole rings is 6. The van der Waals surface area contributed by atoms with Crippen LogP contribution in [0.5, 0.6) is 0 Å². The summed E-state index contributed by atoms with van der Waals surface area (Å²) < 4.78 is 32.2. The standard InChI is InChI=1S/C18H17BrClNO3S.C18H15BrClNO3S.C18H13BrClNO3S.C18H15BrClNO2S.C12H12BrNO3S.C8H8BrNOS/c1-3-24-15(22)9-13-10(2)8-14-16(25-17(19)21-14)18(13,23)11-4-6-12(20)7-5-11;2*1-3-24-17(23)15(22)13-9(2)8-12-16(25-18(19)21-12)14(13)10-4-6-11(20)7-5-10;1-3-23-15(22)9-13-10(2)8-14-17(24-18(19)21-14)16(13)11-4-6-12(20)7-5-11;1-3-17-9(15)5-7-6(2)4-8-11(10(7)16)18-12(13)14-8;1-4-2-5-7(6(11)3-4)12-8(9)10-5/h4-7,9-10,23H,3,8H2,1-2H3;4-8,15,22H,3H2,1-2H3;4-8H,3H2,1-2H3;4-8H,3,9H2,1-2H3;5-6H,3-4H2,1-2H3;4H,2-3H2,1H3/b13-9+;;;;7-5+;/t;15-;;;;/m.0..../s1. The molecule has 6 heterocycles. The topological polar surface area (TPSA) is 301 Å². The van der Waals surface area contributed by atoms with Gasteiger partial charge in [0.25, 0.3) is 5.78 Å². The minimum atomic E-state index is -1.44. The SMILES string of the molecule is CC1CC(=O)c2sc(Br)nc2C1.CCOC(=O)/C=C1/C(=O)c2sc(Br)nc2CC1C.CCOC(=O)/C=C1\C(C)Cc2nc(Br)sc2C1(O)c1ccc(Cl)cc1.CCOC(=O)C(=O)c1c(C)cc2nc(Br)sc2c1-c1ccc(Cl)cc1.CCOC(=O)Cc1c(C)cc2nc(Br)sc2c1-c1ccc(Cl)cc1.CCOC(=O)[C@@H](O)c1c(C)cc2nc(Br)sc2c1-c1ccc(Cl)cc1. The fourth-order valence-corrected chi connectivity index (χ4v) is 24.4. The van der Waals surface area contributed by atoms with Crippen molar-refractivity contribution in [3.63, 3.8) is 0 Å². The number of hydrogen-bond donors (Lipinski definition) is 2. The largest absolute Gasteiger partial charge is 0.466 e. The molecular formula is C92H80Br6Cl4N6O15S6. The number of Topliss-reactive ketones (excluding diaryl/α,β-unsaturated/α-hetero) is 3. The van der Waals surface area contributed by atoms with Crippen molar-refractivity contribution in [3.8, 4) is 33.4 Å². The van der Waals surface area contributed by atoms with Gasteiger partial charge in [-0.15, -0.1) is 68.0 Å². The van der Waals surface area contributed by atoms with Gasteiger partial charge in [0.05, 0.1) is 102 Å². The second-order valence-electron chi connectivity index (χ2n) is 29.2. The third kappa shape index (κ3) is 24.9. The molecule has 0 radical (unpaired) electrons. The first-order valence-corrected chi connectivity index (χ1v) is 51.1. The monoisotopic (exact) mass is 2310 g/mol. The van der Waals surface area contributed by atoms with E-state index >= 15 is 0 Å². The number of fused-ring (bicyclic) bond motifs is 6. The molecule has 16 rings (SSSR count). The van der Waals surface area contributed by atoms with Gasteiger partial charge in [-0.25, -0.2) is 49.1 Å². The number of aromatic nitrogens is 6. The minimum absolute atomic E-state index is 0.0107. The van der Waals surface area contributed by atoms with Crippen LogP contribution in [0.3, 0.4) is 0 Å². The molecule has 7 aromatic carbocycles. The number of halogens is 10. The van der Waals surface area contributed by atoms with Gasteiger partial charge in [0.2, 0.25) is 5.78 Å². The summed E-state index contributed by atoms with van der Waals surface area (Å²) in [7, 11) is 0. The third-order valence-electron chi connectivity index (χ3n) is 20.2. The van der Waals surface area contributed by atoms with Gasteiger partial charge in [-0.05, 0) is 305 Å². The Balaban J connectivity index is 0.000000152. The molecule has 5 atom stereocenters. The fourth-order valence-electron chi connectivity index (χ4n) is 14.7. The van der Waals surface area contributed by atoms with E-state index < -0.39 is 41.4 Å². The Hall–Kier alpha value is -7.10. The van der Waals surface area contributed by atoms with Crippen molar-refractivity contribution in [3.05, 3.63) is 253 Å². The molecule has 0 amide bonds. The summed E-state index contributed by atoms with van der Waals surface area (Å²) >= 11 is 52.8. The molecule has 129 heavy (non-hydrogen) atoms. The van der Waals surface area contributed by atoms with Gasteiger partial charge in [0.1, 0.15) is 5.60 Å². The van der Waals surface area contributed by atoms with Crippen LogP contribution < -0.4 is 0 Å². The lowest BCUT2D eigenvalue weighted by Crippen LogP contribution is -2.38. The number of rotatable bonds is 17. The molecule has 37 heteroatoms. The summed E-state index contributed by atoms with van der Waals surface area (Å²) in [5.41, 5.74) is 14.9. The molecule has 3 aliphatic rings. The predicted octanol–water partition coefficient (Wildman–Crippen LogP) is 26.4. The van der Waals surface area contributed by atoms with E-state index in [0.717, 1.165) is 120 Å². The maximum absolute atomic E-state index is 12.7. The summed E-state index contributed by atoms with van der Waals surface area (Å²) in [5.74, 6) is -2.79. The highest BCUT2D eigenvalue weighted by Crippen LogP contribution is 2.51. The van der Waals surface area contributed by atoms with Gasteiger partial charge >= 0.3 is 29.8 Å². The Labute approximate surface area is 838 Å². The number of aliphatic hydroxyl groups excluding tert-OH is 1. The molecule has 0 saturated heterocycles. The van der Waals surface area contributed by atoms with Crippen molar-refractivity contribution < 1.29 is 72.3 Å². The van der Waals surface area contributed by atoms with Gasteiger partial charge in [-0.3, -0.25) is 19.2 Å². The first kappa shape index (κ1) is 102. The maximum Gasteiger partial charge on any atom is 0.379 e. The number of aryl methyl sites for hydroxylation is 3. The molecular weight excluding hydrogens is 2240 g/mol. The average Bonchev–Trinajstić information content (AvgIpc) is 1.70. The summed E-state index contributed by atoms with van der Waals surface area (Å²) in [6.45, 7) is 21.6. The second-order valence-corrected chi connectivity index (χ2v) is 44.6. The number of carbonyl (C=O) groups excluding carboxylic acids is 8. The summed E-state index contributed by atoms with van der Waals surface area (Å²) in [5, 5.41) is 24.9. The Bertz CT molecular complexity index is 6480. The van der Waals surface area contributed by atoms with E-state index in [2.05, 4.69) is 132 Å². The summed E-state index contributed by atoms with van der Waals surface area (Å²) in [4.78, 5) is 125. The van der Waals surface area contributed by atoms with Crippen LogP contribution in [0.25, 0.3) is 64.0 Å². The van der Waals surface area contributed by atoms with Crippen LogP contribution in [0.15, 0.2) is 162 Å². The molecule has 0 fully saturated rings. The van der Waals surface area contributed by atoms with Crippen molar-refractivity contribution >= 4 is 288 Å². The summed E-state index contributed by atoms with van der Waals surface area (Å²) in [6, 6.07) is 34.8. The van der Waals surface area contributed by atoms with Gasteiger partial charge in [-0.2, -0.15) is 0 Å². The fraction of sp³-hybridized carbons (Fsp3) is 0.283. The van der Waals surface area contributed by atoms with Gasteiger partial charge in [-0.1, -0.05) is 116 Å². The molecule has 6 aromatic heterocycles. The van der Waals surface area contributed by atoms with Gasteiger partial charge < -0.3 is 33.9 Å². The molecule has 0 saturated carbocycles. The van der Waals surface area contributed by atoms with Crippen LogP contribution in [0, 0.1) is 38.5 Å². The van der Waals surface area contributed by atoms with E-state index in [4.69, 9.17) is 70.1 Å². The van der Waals surface area contributed by atoms with Crippen LogP contribution >= 0.6 is 210 Å². The van der Waals surface area contributed by atoms with Crippen LogP contribution in [-0.2, 0) is 78.9 Å². The summed E-state index contributed by atoms with van der Waals surface area (Å²) in [6.07, 6.45) is 4.56. The number of ketones is 3. The minimum Gasteiger partial charge on any atom is -0.466 e. The predicted molar refractivity (Wildman–Crippen MR) is 536 cm³/mol. The highest BCUT2D eigenvalue weighted by Gasteiger charge is 2.47. The number of carbonyl (C=O) groups is 8. The molecule has 3 aliphatic carbocycles. The van der Waals surface area contributed by atoms with Crippen molar-refractivity contribution in [2.75, 3.05) is 33.0 Å². The molecule has 21 nitrogen and oxygen atoms in total. The lowest BCUT2D eigenvalue weighted by molar-refractivity contribution is -0.153. The molecule has 0 aliphatic heterocycles. The van der Waals surface area contributed by atoms with E-state index in [0.29, 0.717) is 114 Å². The number of aliphatic hydroxyl groups is 2. The van der Waals surface area contributed by atoms with Crippen molar-refractivity contribution in [2.45, 2.75) is 120 Å².